The van der Waals surface area contributed by atoms with E-state index in [0.717, 1.165) is 18.9 Å². The number of aromatic amines is 1. The van der Waals surface area contributed by atoms with E-state index in [4.69, 9.17) is 10.5 Å². The molecule has 68 valence electrons. The molecule has 3 N–H and O–H groups in total. The van der Waals surface area contributed by atoms with E-state index in [1.807, 2.05) is 0 Å². The number of H-pyrrole nitrogens is 1. The van der Waals surface area contributed by atoms with Gasteiger partial charge in [-0.1, -0.05) is 6.92 Å². The standard InChI is InChI=1S/C7H14N4O/c1-5(4-12-2)3-6-9-7(8)11-10-6/h5H,3-4H2,1-2H3,(H3,8,9,10,11). The zero-order valence-corrected chi connectivity index (χ0v) is 7.37. The van der Waals surface area contributed by atoms with Gasteiger partial charge < -0.3 is 10.5 Å². The lowest BCUT2D eigenvalue weighted by atomic mass is 10.1. The molecule has 0 aliphatic carbocycles. The first-order chi connectivity index (χ1) is 5.72. The van der Waals surface area contributed by atoms with E-state index in [9.17, 15) is 0 Å². The monoisotopic (exact) mass is 170 g/mol. The second-order valence-corrected chi connectivity index (χ2v) is 2.90. The van der Waals surface area contributed by atoms with Crippen molar-refractivity contribution in [3.05, 3.63) is 5.82 Å². The van der Waals surface area contributed by atoms with E-state index in [-0.39, 0.29) is 0 Å². The zero-order chi connectivity index (χ0) is 8.97. The lowest BCUT2D eigenvalue weighted by Crippen LogP contribution is -2.08. The maximum Gasteiger partial charge on any atom is 0.239 e. The Morgan fingerprint density at radius 2 is 2.42 bits per heavy atom. The third-order valence-corrected chi connectivity index (χ3v) is 1.54. The molecule has 0 saturated carbocycles. The Balaban J connectivity index is 2.41. The molecule has 0 radical (unpaired) electrons. The van der Waals surface area contributed by atoms with E-state index in [1.54, 1.807) is 7.11 Å². The second-order valence-electron chi connectivity index (χ2n) is 2.90. The van der Waals surface area contributed by atoms with Crippen LogP contribution in [0.2, 0.25) is 0 Å². The molecule has 0 bridgehead atoms. The summed E-state index contributed by atoms with van der Waals surface area (Å²) in [6.45, 7) is 2.81. The van der Waals surface area contributed by atoms with Crippen molar-refractivity contribution >= 4 is 5.95 Å². The summed E-state index contributed by atoms with van der Waals surface area (Å²) in [5.41, 5.74) is 5.34. The first-order valence-corrected chi connectivity index (χ1v) is 3.88. The van der Waals surface area contributed by atoms with Crippen molar-refractivity contribution in [1.82, 2.24) is 15.2 Å². The van der Waals surface area contributed by atoms with E-state index < -0.39 is 0 Å². The molecule has 1 heterocycles. The first kappa shape index (κ1) is 8.99. The molecular weight excluding hydrogens is 156 g/mol. The number of ether oxygens (including phenoxy) is 1. The van der Waals surface area contributed by atoms with Crippen molar-refractivity contribution in [2.24, 2.45) is 5.92 Å². The summed E-state index contributed by atoms with van der Waals surface area (Å²) in [6, 6.07) is 0. The molecule has 0 fully saturated rings. The fourth-order valence-corrected chi connectivity index (χ4v) is 1.07. The molecule has 5 nitrogen and oxygen atoms in total. The summed E-state index contributed by atoms with van der Waals surface area (Å²) in [6.07, 6.45) is 0.817. The Bertz CT molecular complexity index is 235. The molecular formula is C7H14N4O. The van der Waals surface area contributed by atoms with Crippen LogP contribution in [-0.2, 0) is 11.2 Å². The van der Waals surface area contributed by atoms with E-state index in [2.05, 4.69) is 22.1 Å². The lowest BCUT2D eigenvalue weighted by Gasteiger charge is -2.06. The van der Waals surface area contributed by atoms with Crippen LogP contribution in [0.25, 0.3) is 0 Å². The van der Waals surface area contributed by atoms with Crippen LogP contribution in [0.5, 0.6) is 0 Å². The van der Waals surface area contributed by atoms with Gasteiger partial charge in [0.15, 0.2) is 0 Å². The Morgan fingerprint density at radius 1 is 1.67 bits per heavy atom. The summed E-state index contributed by atoms with van der Waals surface area (Å²) in [4.78, 5) is 3.99. The van der Waals surface area contributed by atoms with Crippen LogP contribution in [0.3, 0.4) is 0 Å². The number of nitrogens with one attached hydrogen (secondary N) is 1. The Labute approximate surface area is 71.3 Å². The molecule has 1 aromatic rings. The number of anilines is 1. The highest BCUT2D eigenvalue weighted by atomic mass is 16.5. The van der Waals surface area contributed by atoms with E-state index in [1.165, 1.54) is 0 Å². The summed E-state index contributed by atoms with van der Waals surface area (Å²) in [7, 11) is 1.69. The van der Waals surface area contributed by atoms with Gasteiger partial charge in [-0.3, -0.25) is 5.10 Å². The van der Waals surface area contributed by atoms with Gasteiger partial charge in [0.05, 0.1) is 0 Å². The molecule has 1 unspecified atom stereocenters. The van der Waals surface area contributed by atoms with E-state index in [0.29, 0.717) is 11.9 Å². The minimum atomic E-state index is 0.301. The number of rotatable bonds is 4. The van der Waals surface area contributed by atoms with Gasteiger partial charge in [-0.25, -0.2) is 0 Å². The third-order valence-electron chi connectivity index (χ3n) is 1.54. The SMILES string of the molecule is COCC(C)Cc1nc(N)n[nH]1. The maximum atomic E-state index is 5.34. The van der Waals surface area contributed by atoms with Gasteiger partial charge in [0, 0.05) is 20.1 Å². The van der Waals surface area contributed by atoms with Crippen LogP contribution >= 0.6 is 0 Å². The van der Waals surface area contributed by atoms with Gasteiger partial charge in [-0.2, -0.15) is 4.98 Å². The summed E-state index contributed by atoms with van der Waals surface area (Å²) < 4.78 is 4.99. The number of methoxy groups -OCH3 is 1. The van der Waals surface area contributed by atoms with Gasteiger partial charge in [0.2, 0.25) is 5.95 Å². The second kappa shape index (κ2) is 4.06. The van der Waals surface area contributed by atoms with Crippen LogP contribution < -0.4 is 5.73 Å². The predicted octanol–water partition coefficient (Wildman–Crippen LogP) is 0.212. The molecule has 0 saturated heterocycles. The van der Waals surface area contributed by atoms with Gasteiger partial charge in [-0.15, -0.1) is 5.10 Å². The highest BCUT2D eigenvalue weighted by Crippen LogP contribution is 2.04. The molecule has 12 heavy (non-hydrogen) atoms. The van der Waals surface area contributed by atoms with Crippen molar-refractivity contribution in [3.63, 3.8) is 0 Å². The fraction of sp³-hybridized carbons (Fsp3) is 0.714. The highest BCUT2D eigenvalue weighted by molar-refractivity contribution is 5.12. The molecule has 0 aliphatic heterocycles. The molecule has 0 aromatic carbocycles. The number of hydrogen-bond donors (Lipinski definition) is 2. The number of nitrogens with zero attached hydrogens (tertiary/aromatic N) is 2. The third kappa shape index (κ3) is 2.50. The average molecular weight is 170 g/mol. The van der Waals surface area contributed by atoms with E-state index >= 15 is 0 Å². The number of hydrogen-bond acceptors (Lipinski definition) is 4. The smallest absolute Gasteiger partial charge is 0.239 e. The number of nitrogens with two attached hydrogens (primary N) is 1. The summed E-state index contributed by atoms with van der Waals surface area (Å²) >= 11 is 0. The van der Waals surface area contributed by atoms with Crippen molar-refractivity contribution in [2.45, 2.75) is 13.3 Å². The minimum Gasteiger partial charge on any atom is -0.384 e. The Morgan fingerprint density at radius 3 is 2.92 bits per heavy atom. The maximum absolute atomic E-state index is 5.34. The molecule has 5 heteroatoms. The van der Waals surface area contributed by atoms with Crippen molar-refractivity contribution in [3.8, 4) is 0 Å². The Hall–Kier alpha value is -1.10. The molecule has 1 aromatic heterocycles. The van der Waals surface area contributed by atoms with Gasteiger partial charge in [0.1, 0.15) is 5.82 Å². The summed E-state index contributed by atoms with van der Waals surface area (Å²) in [5.74, 6) is 1.55. The quantitative estimate of drug-likeness (QED) is 0.677. The first-order valence-electron chi connectivity index (χ1n) is 3.88. The summed E-state index contributed by atoms with van der Waals surface area (Å²) in [5, 5.41) is 6.48. The lowest BCUT2D eigenvalue weighted by molar-refractivity contribution is 0.159. The zero-order valence-electron chi connectivity index (χ0n) is 7.37. The largest absolute Gasteiger partial charge is 0.384 e. The molecule has 1 rings (SSSR count). The molecule has 0 spiro atoms. The average Bonchev–Trinajstić information content (AvgIpc) is 2.36. The van der Waals surface area contributed by atoms with Gasteiger partial charge in [0.25, 0.3) is 0 Å². The topological polar surface area (TPSA) is 76.8 Å². The van der Waals surface area contributed by atoms with Crippen LogP contribution in [-0.4, -0.2) is 28.9 Å². The highest BCUT2D eigenvalue weighted by Gasteiger charge is 2.06. The number of nitrogen functional groups attached to an aromatic ring is 1. The predicted molar refractivity (Wildman–Crippen MR) is 45.5 cm³/mol. The van der Waals surface area contributed by atoms with Crippen molar-refractivity contribution in [2.75, 3.05) is 19.5 Å². The molecule has 0 amide bonds. The molecule has 0 aliphatic rings. The van der Waals surface area contributed by atoms with Crippen LogP contribution in [0.15, 0.2) is 0 Å². The van der Waals surface area contributed by atoms with Crippen LogP contribution in [0, 0.1) is 5.92 Å². The van der Waals surface area contributed by atoms with Crippen molar-refractivity contribution < 1.29 is 4.74 Å². The van der Waals surface area contributed by atoms with Crippen LogP contribution in [0.1, 0.15) is 12.7 Å². The van der Waals surface area contributed by atoms with Gasteiger partial charge in [-0.05, 0) is 5.92 Å². The molecule has 1 atom stereocenters. The fourth-order valence-electron chi connectivity index (χ4n) is 1.07. The van der Waals surface area contributed by atoms with Crippen LogP contribution in [0.4, 0.5) is 5.95 Å². The normalized spacial score (nSPS) is 13.2. The Kier molecular flexibility index (Phi) is 3.04. The number of aromatic nitrogens is 3. The minimum absolute atomic E-state index is 0.301. The van der Waals surface area contributed by atoms with Crippen molar-refractivity contribution in [1.29, 1.82) is 0 Å². The van der Waals surface area contributed by atoms with Gasteiger partial charge >= 0.3 is 0 Å².